The summed E-state index contributed by atoms with van der Waals surface area (Å²) in [4.78, 5) is 2.46. The monoisotopic (exact) mass is 821 g/mol. The summed E-state index contributed by atoms with van der Waals surface area (Å²) >= 11 is 1.87. The molecule has 11 aromatic rings. The van der Waals surface area contributed by atoms with E-state index in [2.05, 4.69) is 243 Å². The maximum Gasteiger partial charge on any atom is 0.0540 e. The van der Waals surface area contributed by atoms with Gasteiger partial charge in [0.25, 0.3) is 0 Å². The number of hydrogen-bond acceptors (Lipinski definition) is 2. The molecule has 1 heterocycles. The van der Waals surface area contributed by atoms with Crippen LogP contribution in [0.25, 0.3) is 86.6 Å². The van der Waals surface area contributed by atoms with Crippen molar-refractivity contribution in [1.82, 2.24) is 0 Å². The third-order valence-electron chi connectivity index (χ3n) is 13.3. The van der Waals surface area contributed by atoms with Gasteiger partial charge >= 0.3 is 0 Å². The molecule has 0 fully saturated rings. The molecular weight excluding hydrogens is 779 g/mol. The first-order valence-corrected chi connectivity index (χ1v) is 22.7. The molecule has 0 N–H and O–H groups in total. The van der Waals surface area contributed by atoms with Crippen LogP contribution < -0.4 is 4.90 Å². The molecule has 2 heteroatoms. The molecule has 0 aliphatic heterocycles. The molecule has 1 nitrogen and oxygen atoms in total. The van der Waals surface area contributed by atoms with E-state index in [0.29, 0.717) is 0 Å². The Bertz CT molecular complexity index is 3530. The summed E-state index contributed by atoms with van der Waals surface area (Å²) in [6.07, 6.45) is 0. The van der Waals surface area contributed by atoms with E-state index < -0.39 is 0 Å². The van der Waals surface area contributed by atoms with Crippen LogP contribution in [-0.4, -0.2) is 0 Å². The first kappa shape index (κ1) is 37.3. The van der Waals surface area contributed by atoms with Crippen molar-refractivity contribution in [3.8, 4) is 55.6 Å². The van der Waals surface area contributed by atoms with E-state index in [4.69, 9.17) is 0 Å². The van der Waals surface area contributed by atoms with Crippen LogP contribution in [-0.2, 0) is 5.41 Å². The van der Waals surface area contributed by atoms with Crippen molar-refractivity contribution in [2.24, 2.45) is 0 Å². The van der Waals surface area contributed by atoms with E-state index >= 15 is 0 Å². The highest BCUT2D eigenvalue weighted by Gasteiger charge is 2.35. The number of rotatable bonds is 7. The molecule has 0 bridgehead atoms. The average molecular weight is 822 g/mol. The Hall–Kier alpha value is -7.52. The molecule has 63 heavy (non-hydrogen) atoms. The van der Waals surface area contributed by atoms with Crippen LogP contribution in [0.2, 0.25) is 0 Å². The minimum absolute atomic E-state index is 0.0605. The van der Waals surface area contributed by atoms with Crippen LogP contribution in [0.3, 0.4) is 0 Å². The Morgan fingerprint density at radius 2 is 0.952 bits per heavy atom. The Kier molecular flexibility index (Phi) is 8.77. The summed E-state index contributed by atoms with van der Waals surface area (Å²) in [5.41, 5.74) is 18.4. The van der Waals surface area contributed by atoms with Gasteiger partial charge in [0.2, 0.25) is 0 Å². The fraction of sp³-hybridized carbons (Fsp3) is 0.0492. The van der Waals surface area contributed by atoms with E-state index in [1.54, 1.807) is 0 Å². The second kappa shape index (κ2) is 14.8. The molecule has 0 saturated carbocycles. The highest BCUT2D eigenvalue weighted by atomic mass is 32.1. The van der Waals surface area contributed by atoms with Crippen LogP contribution in [0, 0.1) is 0 Å². The zero-order valence-electron chi connectivity index (χ0n) is 35.2. The van der Waals surface area contributed by atoms with E-state index in [9.17, 15) is 0 Å². The van der Waals surface area contributed by atoms with Crippen molar-refractivity contribution in [1.29, 1.82) is 0 Å². The van der Waals surface area contributed by atoms with Gasteiger partial charge in [-0.2, -0.15) is 0 Å². The SMILES string of the molecule is CC1(C)c2ccccc2-c2ccc(-c3ccc(N(c4cccc(-c5cccc6sc7ccccc7c56)c4)c4ccccc4-c4cccc5cccc(-c6ccccc6)c45)cc3)cc21. The molecule has 1 aliphatic rings. The van der Waals surface area contributed by atoms with Gasteiger partial charge in [0.15, 0.2) is 0 Å². The number of nitrogens with zero attached hydrogens (tertiary/aromatic N) is 1. The lowest BCUT2D eigenvalue weighted by Crippen LogP contribution is -2.14. The molecule has 0 amide bonds. The molecule has 10 aromatic carbocycles. The molecular formula is C61H43NS. The fourth-order valence-corrected chi connectivity index (χ4v) is 11.4. The molecule has 0 unspecified atom stereocenters. The van der Waals surface area contributed by atoms with Crippen molar-refractivity contribution in [2.45, 2.75) is 19.3 Å². The van der Waals surface area contributed by atoms with Gasteiger partial charge < -0.3 is 4.90 Å². The molecule has 1 aliphatic carbocycles. The fourth-order valence-electron chi connectivity index (χ4n) is 10.3. The number of thiophene rings is 1. The molecule has 0 spiro atoms. The summed E-state index contributed by atoms with van der Waals surface area (Å²) in [6, 6.07) is 82.9. The Labute approximate surface area is 372 Å². The van der Waals surface area contributed by atoms with Gasteiger partial charge in [0.05, 0.1) is 5.69 Å². The second-order valence-corrected chi connectivity index (χ2v) is 18.3. The number of para-hydroxylation sites is 1. The number of benzene rings is 10. The summed E-state index contributed by atoms with van der Waals surface area (Å²) in [6.45, 7) is 4.71. The molecule has 0 atom stereocenters. The second-order valence-electron chi connectivity index (χ2n) is 17.2. The van der Waals surface area contributed by atoms with Crippen LogP contribution in [0.4, 0.5) is 17.1 Å². The predicted molar refractivity (Wildman–Crippen MR) is 271 cm³/mol. The highest BCUT2D eigenvalue weighted by molar-refractivity contribution is 7.25. The zero-order chi connectivity index (χ0) is 42.1. The Balaban J connectivity index is 1.04. The quantitative estimate of drug-likeness (QED) is 0.155. The summed E-state index contributed by atoms with van der Waals surface area (Å²) in [5.74, 6) is 0. The molecule has 298 valence electrons. The topological polar surface area (TPSA) is 3.24 Å². The molecule has 0 saturated heterocycles. The largest absolute Gasteiger partial charge is 0.310 e. The van der Waals surface area contributed by atoms with Crippen molar-refractivity contribution in [3.63, 3.8) is 0 Å². The first-order valence-electron chi connectivity index (χ1n) is 21.8. The average Bonchev–Trinajstić information content (AvgIpc) is 3.84. The Morgan fingerprint density at radius 1 is 0.349 bits per heavy atom. The van der Waals surface area contributed by atoms with Gasteiger partial charge in [-0.1, -0.05) is 190 Å². The molecule has 0 radical (unpaired) electrons. The van der Waals surface area contributed by atoms with Crippen molar-refractivity contribution in [3.05, 3.63) is 236 Å². The van der Waals surface area contributed by atoms with Crippen LogP contribution in [0.5, 0.6) is 0 Å². The summed E-state index contributed by atoms with van der Waals surface area (Å²) in [5, 5.41) is 5.09. The van der Waals surface area contributed by atoms with E-state index in [-0.39, 0.29) is 5.41 Å². The normalized spacial score (nSPS) is 12.7. The zero-order valence-corrected chi connectivity index (χ0v) is 36.0. The van der Waals surface area contributed by atoms with Gasteiger partial charge in [0, 0.05) is 42.5 Å². The van der Waals surface area contributed by atoms with E-state index in [1.165, 1.54) is 97.7 Å². The highest BCUT2D eigenvalue weighted by Crippen LogP contribution is 2.50. The third kappa shape index (κ3) is 6.13. The Morgan fingerprint density at radius 3 is 1.79 bits per heavy atom. The van der Waals surface area contributed by atoms with E-state index in [1.807, 2.05) is 11.3 Å². The number of anilines is 3. The van der Waals surface area contributed by atoms with Gasteiger partial charge in [-0.05, 0) is 121 Å². The molecule has 1 aromatic heterocycles. The maximum atomic E-state index is 2.46. The van der Waals surface area contributed by atoms with E-state index in [0.717, 1.165) is 17.1 Å². The lowest BCUT2D eigenvalue weighted by molar-refractivity contribution is 0.660. The van der Waals surface area contributed by atoms with Gasteiger partial charge in [-0.15, -0.1) is 11.3 Å². The van der Waals surface area contributed by atoms with Gasteiger partial charge in [-0.3, -0.25) is 0 Å². The summed E-state index contributed by atoms with van der Waals surface area (Å²) in [7, 11) is 0. The van der Waals surface area contributed by atoms with Crippen molar-refractivity contribution >= 4 is 59.3 Å². The minimum Gasteiger partial charge on any atom is -0.310 e. The number of hydrogen-bond donors (Lipinski definition) is 0. The standard InChI is InChI=1S/C61H43NS/c1-61(2)54-28-9-6-22-49(54)50-37-34-43(39-55(50)61)40-32-35-45(36-33-40)62(46-21-12-20-44(38-46)48-26-15-31-58-60(48)53-24-8-11-30-57(53)63-58)56-29-10-7-23-51(56)52-27-14-19-42-18-13-25-47(59(42)52)41-16-4-3-5-17-41/h3-39H,1-2H3. The minimum atomic E-state index is -0.0605. The number of fused-ring (bicyclic) bond motifs is 7. The maximum absolute atomic E-state index is 2.46. The third-order valence-corrected chi connectivity index (χ3v) is 14.4. The van der Waals surface area contributed by atoms with Gasteiger partial charge in [-0.25, -0.2) is 0 Å². The predicted octanol–water partition coefficient (Wildman–Crippen LogP) is 17.7. The van der Waals surface area contributed by atoms with Crippen LogP contribution in [0.1, 0.15) is 25.0 Å². The van der Waals surface area contributed by atoms with Crippen molar-refractivity contribution in [2.75, 3.05) is 4.90 Å². The van der Waals surface area contributed by atoms with Crippen LogP contribution >= 0.6 is 11.3 Å². The first-order chi connectivity index (χ1) is 31.0. The molecule has 12 rings (SSSR count). The van der Waals surface area contributed by atoms with Gasteiger partial charge in [0.1, 0.15) is 0 Å². The van der Waals surface area contributed by atoms with Crippen LogP contribution in [0.15, 0.2) is 224 Å². The summed E-state index contributed by atoms with van der Waals surface area (Å²) < 4.78 is 2.62. The lowest BCUT2D eigenvalue weighted by Gasteiger charge is -2.29. The van der Waals surface area contributed by atoms with Crippen molar-refractivity contribution < 1.29 is 0 Å². The smallest absolute Gasteiger partial charge is 0.0540 e. The lowest BCUT2D eigenvalue weighted by atomic mass is 9.81.